The number of amides is 2. The Labute approximate surface area is 105 Å². The van der Waals surface area contributed by atoms with Crippen LogP contribution >= 0.6 is 0 Å². The fourth-order valence-electron chi connectivity index (χ4n) is 1.52. The lowest BCUT2D eigenvalue weighted by Crippen LogP contribution is -2.35. The molecule has 1 aromatic rings. The van der Waals surface area contributed by atoms with Crippen LogP contribution in [0.4, 0.5) is 5.69 Å². The summed E-state index contributed by atoms with van der Waals surface area (Å²) in [7, 11) is 1.50. The Kier molecular flexibility index (Phi) is 4.53. The van der Waals surface area contributed by atoms with E-state index in [9.17, 15) is 9.59 Å². The molecule has 2 amide bonds. The molecule has 98 valence electrons. The number of carbonyl (C=O) groups excluding carboxylic acids is 2. The summed E-state index contributed by atoms with van der Waals surface area (Å²) in [5.41, 5.74) is 11.5. The molecule has 4 N–H and O–H groups in total. The van der Waals surface area contributed by atoms with Crippen molar-refractivity contribution in [2.24, 2.45) is 5.73 Å². The fourth-order valence-corrected chi connectivity index (χ4v) is 1.52. The van der Waals surface area contributed by atoms with Crippen molar-refractivity contribution in [3.8, 4) is 5.75 Å². The van der Waals surface area contributed by atoms with Crippen molar-refractivity contribution in [1.82, 2.24) is 4.90 Å². The summed E-state index contributed by atoms with van der Waals surface area (Å²) in [6.07, 6.45) is 0. The highest BCUT2D eigenvalue weighted by Gasteiger charge is 2.15. The Hall–Kier alpha value is -2.24. The minimum atomic E-state index is -0.570. The van der Waals surface area contributed by atoms with Crippen LogP contribution in [0.2, 0.25) is 0 Å². The number of primary amides is 1. The molecule has 0 fully saturated rings. The summed E-state index contributed by atoms with van der Waals surface area (Å²) < 4.78 is 5.30. The van der Waals surface area contributed by atoms with E-state index in [1.807, 2.05) is 6.92 Å². The van der Waals surface area contributed by atoms with Crippen LogP contribution in [-0.4, -0.2) is 36.9 Å². The van der Waals surface area contributed by atoms with Crippen molar-refractivity contribution in [3.63, 3.8) is 0 Å². The zero-order chi connectivity index (χ0) is 13.7. The van der Waals surface area contributed by atoms with Crippen LogP contribution in [0.15, 0.2) is 18.2 Å². The van der Waals surface area contributed by atoms with Crippen LogP contribution in [0.25, 0.3) is 0 Å². The molecule has 0 aromatic heterocycles. The first-order valence-corrected chi connectivity index (χ1v) is 5.51. The SMILES string of the molecule is CCOc1cc(N)cc(C(=O)N(C)CC(N)=O)c1. The molecule has 0 aliphatic heterocycles. The van der Waals surface area contributed by atoms with Crippen molar-refractivity contribution in [1.29, 1.82) is 0 Å². The molecular formula is C12H17N3O3. The van der Waals surface area contributed by atoms with E-state index in [1.54, 1.807) is 12.1 Å². The molecule has 0 spiro atoms. The van der Waals surface area contributed by atoms with Gasteiger partial charge in [0, 0.05) is 24.4 Å². The number of carbonyl (C=O) groups is 2. The third-order valence-electron chi connectivity index (χ3n) is 2.23. The molecule has 0 radical (unpaired) electrons. The molecule has 0 aliphatic carbocycles. The van der Waals surface area contributed by atoms with Crippen molar-refractivity contribution in [3.05, 3.63) is 23.8 Å². The van der Waals surface area contributed by atoms with E-state index < -0.39 is 5.91 Å². The van der Waals surface area contributed by atoms with Crippen LogP contribution in [0, 0.1) is 0 Å². The molecule has 0 saturated heterocycles. The predicted molar refractivity (Wildman–Crippen MR) is 68.2 cm³/mol. The third-order valence-corrected chi connectivity index (χ3v) is 2.23. The van der Waals surface area contributed by atoms with Crippen molar-refractivity contribution in [2.45, 2.75) is 6.92 Å². The zero-order valence-electron chi connectivity index (χ0n) is 10.5. The lowest BCUT2D eigenvalue weighted by molar-refractivity contribution is -0.118. The van der Waals surface area contributed by atoms with E-state index in [1.165, 1.54) is 18.0 Å². The molecule has 1 aromatic carbocycles. The average molecular weight is 251 g/mol. The highest BCUT2D eigenvalue weighted by atomic mass is 16.5. The number of benzene rings is 1. The predicted octanol–water partition coefficient (Wildman–Crippen LogP) is 0.225. The molecule has 0 heterocycles. The van der Waals surface area contributed by atoms with E-state index in [0.29, 0.717) is 23.6 Å². The molecule has 1 rings (SSSR count). The van der Waals surface area contributed by atoms with Crippen molar-refractivity contribution < 1.29 is 14.3 Å². The van der Waals surface area contributed by atoms with Crippen LogP contribution in [0.5, 0.6) is 5.75 Å². The van der Waals surface area contributed by atoms with Crippen molar-refractivity contribution >= 4 is 17.5 Å². The number of likely N-dealkylation sites (N-methyl/N-ethyl adjacent to an activating group) is 1. The number of hydrogen-bond acceptors (Lipinski definition) is 4. The summed E-state index contributed by atoms with van der Waals surface area (Å²) in [5, 5.41) is 0. The average Bonchev–Trinajstić information content (AvgIpc) is 2.26. The highest BCUT2D eigenvalue weighted by Crippen LogP contribution is 2.19. The second-order valence-electron chi connectivity index (χ2n) is 3.85. The fraction of sp³-hybridized carbons (Fsp3) is 0.333. The summed E-state index contributed by atoms with van der Waals surface area (Å²) in [6.45, 7) is 2.18. The van der Waals surface area contributed by atoms with Gasteiger partial charge in [0.15, 0.2) is 0 Å². The van der Waals surface area contributed by atoms with Gasteiger partial charge in [0.1, 0.15) is 5.75 Å². The van der Waals surface area contributed by atoms with Crippen LogP contribution in [0.1, 0.15) is 17.3 Å². The Morgan fingerprint density at radius 2 is 2.00 bits per heavy atom. The van der Waals surface area contributed by atoms with Crippen LogP contribution in [-0.2, 0) is 4.79 Å². The van der Waals surface area contributed by atoms with Gasteiger partial charge in [-0.25, -0.2) is 0 Å². The lowest BCUT2D eigenvalue weighted by atomic mass is 10.1. The summed E-state index contributed by atoms with van der Waals surface area (Å²) >= 11 is 0. The van der Waals surface area contributed by atoms with E-state index >= 15 is 0 Å². The topological polar surface area (TPSA) is 98.7 Å². The molecule has 18 heavy (non-hydrogen) atoms. The summed E-state index contributed by atoms with van der Waals surface area (Å²) in [6, 6.07) is 4.75. The molecule has 0 unspecified atom stereocenters. The van der Waals surface area contributed by atoms with Crippen LogP contribution < -0.4 is 16.2 Å². The lowest BCUT2D eigenvalue weighted by Gasteiger charge is -2.16. The van der Waals surface area contributed by atoms with E-state index in [0.717, 1.165) is 0 Å². The Balaban J connectivity index is 2.94. The first kappa shape index (κ1) is 13.8. The highest BCUT2D eigenvalue weighted by molar-refractivity contribution is 5.97. The van der Waals surface area contributed by atoms with Gasteiger partial charge in [-0.15, -0.1) is 0 Å². The second-order valence-corrected chi connectivity index (χ2v) is 3.85. The van der Waals surface area contributed by atoms with Crippen LogP contribution in [0.3, 0.4) is 0 Å². The zero-order valence-corrected chi connectivity index (χ0v) is 10.5. The Morgan fingerprint density at radius 3 is 2.56 bits per heavy atom. The molecule has 0 atom stereocenters. The maximum atomic E-state index is 12.0. The number of anilines is 1. The molecule has 6 nitrogen and oxygen atoms in total. The van der Waals surface area contributed by atoms with E-state index in [-0.39, 0.29) is 12.5 Å². The number of hydrogen-bond donors (Lipinski definition) is 2. The summed E-state index contributed by atoms with van der Waals surface area (Å²) in [5.74, 6) is -0.379. The number of nitrogen functional groups attached to an aromatic ring is 1. The maximum absolute atomic E-state index is 12.0. The molecular weight excluding hydrogens is 234 g/mol. The molecule has 0 saturated carbocycles. The van der Waals surface area contributed by atoms with Gasteiger partial charge in [-0.3, -0.25) is 9.59 Å². The van der Waals surface area contributed by atoms with Gasteiger partial charge in [-0.05, 0) is 19.1 Å². The minimum absolute atomic E-state index is 0.141. The molecule has 0 bridgehead atoms. The maximum Gasteiger partial charge on any atom is 0.254 e. The third kappa shape index (κ3) is 3.65. The second kappa shape index (κ2) is 5.90. The van der Waals surface area contributed by atoms with Gasteiger partial charge in [-0.2, -0.15) is 0 Å². The first-order valence-electron chi connectivity index (χ1n) is 5.51. The number of rotatable bonds is 5. The number of ether oxygens (including phenoxy) is 1. The van der Waals surface area contributed by atoms with Gasteiger partial charge in [-0.1, -0.05) is 0 Å². The van der Waals surface area contributed by atoms with E-state index in [4.69, 9.17) is 16.2 Å². The van der Waals surface area contributed by atoms with Gasteiger partial charge < -0.3 is 21.1 Å². The first-order chi connectivity index (χ1) is 8.43. The monoisotopic (exact) mass is 251 g/mol. The smallest absolute Gasteiger partial charge is 0.254 e. The van der Waals surface area contributed by atoms with E-state index in [2.05, 4.69) is 0 Å². The Morgan fingerprint density at radius 1 is 1.33 bits per heavy atom. The minimum Gasteiger partial charge on any atom is -0.494 e. The summed E-state index contributed by atoms with van der Waals surface area (Å²) in [4.78, 5) is 24.0. The van der Waals surface area contributed by atoms with Gasteiger partial charge in [0.2, 0.25) is 5.91 Å². The van der Waals surface area contributed by atoms with Crippen molar-refractivity contribution in [2.75, 3.05) is 25.9 Å². The molecule has 0 aliphatic rings. The standard InChI is InChI=1S/C12H17N3O3/c1-3-18-10-5-8(4-9(13)6-10)12(17)15(2)7-11(14)16/h4-6H,3,7,13H2,1-2H3,(H2,14,16). The number of nitrogens with two attached hydrogens (primary N) is 2. The number of nitrogens with zero attached hydrogens (tertiary/aromatic N) is 1. The normalized spacial score (nSPS) is 9.89. The quantitative estimate of drug-likeness (QED) is 0.731. The van der Waals surface area contributed by atoms with Gasteiger partial charge in [0.05, 0.1) is 13.2 Å². The van der Waals surface area contributed by atoms with Gasteiger partial charge >= 0.3 is 0 Å². The molecule has 6 heteroatoms. The largest absolute Gasteiger partial charge is 0.494 e. The Bertz CT molecular complexity index is 460. The van der Waals surface area contributed by atoms with Gasteiger partial charge in [0.25, 0.3) is 5.91 Å².